The minimum atomic E-state index is -0.880. The highest BCUT2D eigenvalue weighted by molar-refractivity contribution is 5.92. The predicted molar refractivity (Wildman–Crippen MR) is 126 cm³/mol. The Bertz CT molecular complexity index is 1120. The molecule has 5 rings (SSSR count). The zero-order chi connectivity index (χ0) is 23.9. The molecule has 2 aromatic rings. The molecule has 5 atom stereocenters. The van der Waals surface area contributed by atoms with Crippen LogP contribution in [0.5, 0.6) is 0 Å². The van der Waals surface area contributed by atoms with Crippen molar-refractivity contribution >= 4 is 17.4 Å². The number of carbonyl (C=O) groups is 1. The van der Waals surface area contributed by atoms with Crippen molar-refractivity contribution in [2.75, 3.05) is 5.32 Å². The van der Waals surface area contributed by atoms with Gasteiger partial charge >= 0.3 is 0 Å². The maximum absolute atomic E-state index is 13.8. The van der Waals surface area contributed by atoms with E-state index >= 15 is 0 Å². The summed E-state index contributed by atoms with van der Waals surface area (Å²) in [5.41, 5.74) is 3.76. The Morgan fingerprint density at radius 2 is 2.12 bits per heavy atom. The number of halogens is 2. The van der Waals surface area contributed by atoms with Crippen LogP contribution in [-0.4, -0.2) is 21.8 Å². The van der Waals surface area contributed by atoms with Crippen LogP contribution < -0.4 is 5.32 Å². The number of aryl methyl sites for hydroxylation is 1. The van der Waals surface area contributed by atoms with Gasteiger partial charge in [0.1, 0.15) is 5.82 Å². The minimum absolute atomic E-state index is 0.101. The number of benzene rings is 1. The summed E-state index contributed by atoms with van der Waals surface area (Å²) in [6.07, 6.45) is 7.73. The van der Waals surface area contributed by atoms with Crippen LogP contribution in [-0.2, 0) is 11.2 Å². The van der Waals surface area contributed by atoms with Crippen LogP contribution in [0.25, 0.3) is 0 Å². The smallest absolute Gasteiger partial charge is 0.225 e. The van der Waals surface area contributed by atoms with Crippen LogP contribution in [0.1, 0.15) is 68.9 Å². The van der Waals surface area contributed by atoms with Crippen molar-refractivity contribution < 1.29 is 18.8 Å². The van der Waals surface area contributed by atoms with Gasteiger partial charge in [-0.05, 0) is 79.7 Å². The second-order valence-corrected chi connectivity index (χ2v) is 10.4. The Morgan fingerprint density at radius 3 is 2.91 bits per heavy atom. The fourth-order valence-electron chi connectivity index (χ4n) is 7.25. The minimum Gasteiger partial charge on any atom is -0.411 e. The lowest BCUT2D eigenvalue weighted by atomic mass is 9.54. The van der Waals surface area contributed by atoms with Crippen LogP contribution in [0, 0.1) is 34.8 Å². The summed E-state index contributed by atoms with van der Waals surface area (Å²) in [4.78, 5) is 16.0. The van der Waals surface area contributed by atoms with Crippen molar-refractivity contribution in [3.8, 4) is 0 Å². The fourth-order valence-corrected chi connectivity index (χ4v) is 7.25. The van der Waals surface area contributed by atoms with E-state index in [9.17, 15) is 18.8 Å². The molecule has 180 valence electrons. The fraction of sp³-hybridized carbons (Fsp3) is 0.519. The van der Waals surface area contributed by atoms with Gasteiger partial charge in [-0.15, -0.1) is 0 Å². The summed E-state index contributed by atoms with van der Waals surface area (Å²) in [6.45, 7) is 2.26. The number of hydrogen-bond donors (Lipinski definition) is 2. The average Bonchev–Trinajstić information content (AvgIpc) is 3.12. The van der Waals surface area contributed by atoms with Crippen LogP contribution in [0.2, 0.25) is 0 Å². The number of hydrogen-bond acceptors (Lipinski definition) is 4. The number of aromatic nitrogens is 1. The molecule has 0 spiro atoms. The molecule has 1 amide bonds. The second-order valence-electron chi connectivity index (χ2n) is 10.4. The monoisotopic (exact) mass is 467 g/mol. The Morgan fingerprint density at radius 1 is 1.29 bits per heavy atom. The molecule has 5 nitrogen and oxygen atoms in total. The molecule has 3 aliphatic carbocycles. The molecule has 3 unspecified atom stereocenters. The summed E-state index contributed by atoms with van der Waals surface area (Å²) in [7, 11) is 0. The van der Waals surface area contributed by atoms with Gasteiger partial charge in [-0.25, -0.2) is 13.8 Å². The van der Waals surface area contributed by atoms with Crippen molar-refractivity contribution in [2.45, 2.75) is 64.2 Å². The second kappa shape index (κ2) is 9.08. The van der Waals surface area contributed by atoms with Crippen molar-refractivity contribution in [2.24, 2.45) is 28.3 Å². The summed E-state index contributed by atoms with van der Waals surface area (Å²) < 4.78 is 26.8. The van der Waals surface area contributed by atoms with Gasteiger partial charge in [-0.3, -0.25) is 4.79 Å². The summed E-state index contributed by atoms with van der Waals surface area (Å²) >= 11 is 0. The van der Waals surface area contributed by atoms with Gasteiger partial charge in [0, 0.05) is 17.9 Å². The third-order valence-corrected chi connectivity index (χ3v) is 8.68. The molecule has 1 heterocycles. The van der Waals surface area contributed by atoms with Crippen molar-refractivity contribution in [1.29, 1.82) is 0 Å². The van der Waals surface area contributed by atoms with Crippen LogP contribution in [0.4, 0.5) is 14.6 Å². The highest BCUT2D eigenvalue weighted by Gasteiger charge is 2.57. The van der Waals surface area contributed by atoms with Crippen LogP contribution in [0.3, 0.4) is 0 Å². The number of pyridine rings is 1. The molecule has 34 heavy (non-hydrogen) atoms. The summed E-state index contributed by atoms with van der Waals surface area (Å²) in [6, 6.07) is 9.51. The molecule has 2 fully saturated rings. The lowest BCUT2D eigenvalue weighted by Gasteiger charge is -2.50. The molecule has 0 saturated heterocycles. The molecule has 2 saturated carbocycles. The highest BCUT2D eigenvalue weighted by Crippen LogP contribution is 2.62. The first-order valence-electron chi connectivity index (χ1n) is 12.3. The third-order valence-electron chi connectivity index (χ3n) is 8.68. The molecular weight excluding hydrogens is 436 g/mol. The normalized spacial score (nSPS) is 31.0. The first kappa shape index (κ1) is 22.9. The largest absolute Gasteiger partial charge is 0.411 e. The van der Waals surface area contributed by atoms with Gasteiger partial charge in [-0.1, -0.05) is 36.3 Å². The lowest BCUT2D eigenvalue weighted by Crippen LogP contribution is -2.44. The number of anilines is 1. The SMILES string of the molecule is C[C@]12CCC3c4ccccc4CCC3C1[C@H](CCCC(=O)Nc1ncc(F)cc1F)C/C2=N\O. The first-order chi connectivity index (χ1) is 16.4. The maximum Gasteiger partial charge on any atom is 0.225 e. The Balaban J connectivity index is 1.28. The standard InChI is InChI=1S/C27H31F2N3O2/c1-27-12-11-20-19-7-3-2-5-16(19)9-10-21(20)25(27)17(13-23(27)32-34)6-4-8-24(33)31-26-22(29)14-18(28)15-30-26/h2-3,5,7,14-15,17,20-21,25,34H,4,6,8-13H2,1H3,(H,30,31,33)/b32-23+/t17-,20?,21?,25?,27-/m1/s1. The van der Waals surface area contributed by atoms with Gasteiger partial charge < -0.3 is 10.5 Å². The lowest BCUT2D eigenvalue weighted by molar-refractivity contribution is -0.116. The summed E-state index contributed by atoms with van der Waals surface area (Å²) in [5, 5.41) is 16.0. The molecule has 2 N–H and O–H groups in total. The molecule has 0 radical (unpaired) electrons. The van der Waals surface area contributed by atoms with E-state index in [0.29, 0.717) is 36.2 Å². The number of carbonyl (C=O) groups excluding carboxylic acids is 1. The van der Waals surface area contributed by atoms with Crippen LogP contribution >= 0.6 is 0 Å². The summed E-state index contributed by atoms with van der Waals surface area (Å²) in [5.74, 6) is -0.379. The number of rotatable bonds is 5. The molecule has 0 bridgehead atoms. The van der Waals surface area contributed by atoms with Gasteiger partial charge in [-0.2, -0.15) is 0 Å². The topological polar surface area (TPSA) is 74.6 Å². The highest BCUT2D eigenvalue weighted by atomic mass is 19.1. The number of fused-ring (bicyclic) bond motifs is 5. The molecule has 3 aliphatic rings. The Labute approximate surface area is 198 Å². The van der Waals surface area contributed by atoms with Crippen molar-refractivity contribution in [1.82, 2.24) is 4.98 Å². The van der Waals surface area contributed by atoms with Crippen molar-refractivity contribution in [3.63, 3.8) is 0 Å². The Kier molecular flexibility index (Phi) is 6.13. The number of amides is 1. The van der Waals surface area contributed by atoms with E-state index in [1.54, 1.807) is 0 Å². The van der Waals surface area contributed by atoms with Gasteiger partial charge in [0.2, 0.25) is 5.91 Å². The molecule has 0 aliphatic heterocycles. The van der Waals surface area contributed by atoms with E-state index in [1.165, 1.54) is 11.1 Å². The van der Waals surface area contributed by atoms with E-state index in [4.69, 9.17) is 0 Å². The van der Waals surface area contributed by atoms with E-state index in [1.807, 2.05) is 0 Å². The first-order valence-corrected chi connectivity index (χ1v) is 12.3. The van der Waals surface area contributed by atoms with E-state index in [2.05, 4.69) is 46.6 Å². The number of nitrogens with one attached hydrogen (secondary N) is 1. The average molecular weight is 468 g/mol. The van der Waals surface area contributed by atoms with Crippen LogP contribution in [0.15, 0.2) is 41.7 Å². The predicted octanol–water partition coefficient (Wildman–Crippen LogP) is 6.08. The zero-order valence-corrected chi connectivity index (χ0v) is 19.4. The van der Waals surface area contributed by atoms with E-state index in [0.717, 1.165) is 50.4 Å². The maximum atomic E-state index is 13.8. The Hall–Kier alpha value is -2.83. The molecule has 1 aromatic heterocycles. The van der Waals surface area contributed by atoms with Gasteiger partial charge in [0.25, 0.3) is 0 Å². The molecule has 7 heteroatoms. The van der Waals surface area contributed by atoms with Gasteiger partial charge in [0.15, 0.2) is 11.6 Å². The zero-order valence-electron chi connectivity index (χ0n) is 19.4. The molecule has 1 aromatic carbocycles. The van der Waals surface area contributed by atoms with E-state index < -0.39 is 11.6 Å². The number of oxime groups is 1. The quantitative estimate of drug-likeness (QED) is 0.413. The van der Waals surface area contributed by atoms with Crippen molar-refractivity contribution in [3.05, 3.63) is 59.3 Å². The van der Waals surface area contributed by atoms with E-state index in [-0.39, 0.29) is 23.6 Å². The van der Waals surface area contributed by atoms with Gasteiger partial charge in [0.05, 0.1) is 11.9 Å². The third kappa shape index (κ3) is 3.99. The molecular formula is C27H31F2N3O2. The number of nitrogens with zero attached hydrogens (tertiary/aromatic N) is 2.